The van der Waals surface area contributed by atoms with E-state index in [0.717, 1.165) is 42.5 Å². The molecule has 1 amide bonds. The lowest BCUT2D eigenvalue weighted by atomic mass is 9.99. The van der Waals surface area contributed by atoms with Crippen molar-refractivity contribution in [3.8, 4) is 11.1 Å². The zero-order valence-corrected chi connectivity index (χ0v) is 11.9. The number of amides is 1. The third-order valence-electron chi connectivity index (χ3n) is 3.32. The average Bonchev–Trinajstić information content (AvgIpc) is 2.52. The Balaban J connectivity index is 2.14. The highest BCUT2D eigenvalue weighted by Gasteiger charge is 2.11. The normalized spacial score (nSPS) is 10.2. The van der Waals surface area contributed by atoms with Gasteiger partial charge in [0.2, 0.25) is 0 Å². The van der Waals surface area contributed by atoms with Crippen LogP contribution in [0.2, 0.25) is 0 Å². The summed E-state index contributed by atoms with van der Waals surface area (Å²) in [5.74, 6) is 0.0144. The number of carbonyl (C=O) groups is 1. The van der Waals surface area contributed by atoms with Gasteiger partial charge in [-0.1, -0.05) is 68.3 Å². The molecule has 20 heavy (non-hydrogen) atoms. The molecule has 0 radical (unpaired) electrons. The van der Waals surface area contributed by atoms with Crippen LogP contribution in [0.4, 0.5) is 0 Å². The molecule has 0 fully saturated rings. The highest BCUT2D eigenvalue weighted by molar-refractivity contribution is 6.00. The highest BCUT2D eigenvalue weighted by atomic mass is 16.1. The van der Waals surface area contributed by atoms with Gasteiger partial charge < -0.3 is 5.32 Å². The first kappa shape index (κ1) is 14.3. The highest BCUT2D eigenvalue weighted by Crippen LogP contribution is 2.23. The standard InChI is InChI=1S/C18H21NO/c1-2-3-9-14-19-18(20)17-13-8-7-12-16(17)15-10-5-4-6-11-15/h4-8,10-13H,2-3,9,14H2,1H3,(H,19,20). The van der Waals surface area contributed by atoms with Gasteiger partial charge in [-0.3, -0.25) is 4.79 Å². The zero-order valence-electron chi connectivity index (χ0n) is 11.9. The molecule has 2 aromatic rings. The van der Waals surface area contributed by atoms with E-state index in [9.17, 15) is 4.79 Å². The molecule has 0 spiro atoms. The van der Waals surface area contributed by atoms with Gasteiger partial charge in [0, 0.05) is 12.1 Å². The quantitative estimate of drug-likeness (QED) is 0.778. The average molecular weight is 267 g/mol. The van der Waals surface area contributed by atoms with Crippen molar-refractivity contribution in [1.29, 1.82) is 0 Å². The number of hydrogen-bond acceptors (Lipinski definition) is 1. The molecule has 0 bridgehead atoms. The summed E-state index contributed by atoms with van der Waals surface area (Å²) in [4.78, 5) is 12.3. The number of hydrogen-bond donors (Lipinski definition) is 1. The largest absolute Gasteiger partial charge is 0.352 e. The van der Waals surface area contributed by atoms with Crippen molar-refractivity contribution in [2.75, 3.05) is 6.54 Å². The number of nitrogens with one attached hydrogen (secondary N) is 1. The Labute approximate surface area is 120 Å². The van der Waals surface area contributed by atoms with Crippen molar-refractivity contribution in [3.63, 3.8) is 0 Å². The van der Waals surface area contributed by atoms with Crippen molar-refractivity contribution in [2.45, 2.75) is 26.2 Å². The van der Waals surface area contributed by atoms with E-state index < -0.39 is 0 Å². The van der Waals surface area contributed by atoms with E-state index in [0.29, 0.717) is 0 Å². The van der Waals surface area contributed by atoms with Gasteiger partial charge in [-0.25, -0.2) is 0 Å². The lowest BCUT2D eigenvalue weighted by Crippen LogP contribution is -2.24. The number of carbonyl (C=O) groups excluding carboxylic acids is 1. The molecule has 0 saturated carbocycles. The summed E-state index contributed by atoms with van der Waals surface area (Å²) >= 11 is 0. The molecule has 2 heteroatoms. The molecule has 0 aliphatic heterocycles. The third-order valence-corrected chi connectivity index (χ3v) is 3.32. The first-order valence-electron chi connectivity index (χ1n) is 7.25. The van der Waals surface area contributed by atoms with E-state index in [4.69, 9.17) is 0 Å². The molecule has 0 heterocycles. The Morgan fingerprint density at radius 3 is 2.40 bits per heavy atom. The monoisotopic (exact) mass is 267 g/mol. The van der Waals surface area contributed by atoms with Gasteiger partial charge in [0.05, 0.1) is 0 Å². The van der Waals surface area contributed by atoms with Crippen LogP contribution < -0.4 is 5.32 Å². The van der Waals surface area contributed by atoms with Crippen LogP contribution in [0, 0.1) is 0 Å². The van der Waals surface area contributed by atoms with E-state index in [1.807, 2.05) is 54.6 Å². The van der Waals surface area contributed by atoms with Crippen molar-refractivity contribution in [3.05, 3.63) is 60.2 Å². The molecule has 0 aromatic heterocycles. The molecule has 0 aliphatic carbocycles. The Morgan fingerprint density at radius 2 is 1.65 bits per heavy atom. The molecule has 0 aliphatic rings. The summed E-state index contributed by atoms with van der Waals surface area (Å²) in [7, 11) is 0. The molecule has 104 valence electrons. The lowest BCUT2D eigenvalue weighted by molar-refractivity contribution is 0.0953. The SMILES string of the molecule is CCCCCNC(=O)c1ccccc1-c1ccccc1. The molecule has 2 nitrogen and oxygen atoms in total. The van der Waals surface area contributed by atoms with Crippen LogP contribution in [0.25, 0.3) is 11.1 Å². The molecule has 1 N–H and O–H groups in total. The molecule has 0 atom stereocenters. The maximum absolute atomic E-state index is 12.3. The number of rotatable bonds is 6. The summed E-state index contributed by atoms with van der Waals surface area (Å²) in [5, 5.41) is 3.00. The first-order valence-corrected chi connectivity index (χ1v) is 7.25. The summed E-state index contributed by atoms with van der Waals surface area (Å²) in [6.07, 6.45) is 3.35. The fourth-order valence-electron chi connectivity index (χ4n) is 2.22. The van der Waals surface area contributed by atoms with Crippen LogP contribution in [0.5, 0.6) is 0 Å². The van der Waals surface area contributed by atoms with Crippen LogP contribution in [-0.2, 0) is 0 Å². The van der Waals surface area contributed by atoms with E-state index in [-0.39, 0.29) is 5.91 Å². The van der Waals surface area contributed by atoms with Gasteiger partial charge in [0.1, 0.15) is 0 Å². The van der Waals surface area contributed by atoms with Gasteiger partial charge in [-0.15, -0.1) is 0 Å². The van der Waals surface area contributed by atoms with Crippen molar-refractivity contribution in [1.82, 2.24) is 5.32 Å². The molecule has 0 unspecified atom stereocenters. The van der Waals surface area contributed by atoms with Crippen molar-refractivity contribution in [2.24, 2.45) is 0 Å². The zero-order chi connectivity index (χ0) is 14.2. The fraction of sp³-hybridized carbons (Fsp3) is 0.278. The second kappa shape index (κ2) is 7.49. The molecule has 2 rings (SSSR count). The second-order valence-corrected chi connectivity index (χ2v) is 4.87. The Hall–Kier alpha value is -2.09. The molecule has 2 aromatic carbocycles. The van der Waals surface area contributed by atoms with Crippen LogP contribution in [-0.4, -0.2) is 12.5 Å². The Bertz CT molecular complexity index is 548. The van der Waals surface area contributed by atoms with Crippen LogP contribution in [0.3, 0.4) is 0 Å². The Kier molecular flexibility index (Phi) is 5.36. The third kappa shape index (κ3) is 3.70. The minimum absolute atomic E-state index is 0.0144. The predicted molar refractivity (Wildman–Crippen MR) is 83.7 cm³/mol. The minimum Gasteiger partial charge on any atom is -0.352 e. The van der Waals surface area contributed by atoms with E-state index in [1.165, 1.54) is 0 Å². The van der Waals surface area contributed by atoms with Gasteiger partial charge in [0.15, 0.2) is 0 Å². The summed E-state index contributed by atoms with van der Waals surface area (Å²) in [6.45, 7) is 2.91. The first-order chi connectivity index (χ1) is 9.83. The summed E-state index contributed by atoms with van der Waals surface area (Å²) in [5.41, 5.74) is 2.81. The van der Waals surface area contributed by atoms with Gasteiger partial charge in [-0.2, -0.15) is 0 Å². The predicted octanol–water partition coefficient (Wildman–Crippen LogP) is 4.27. The fourth-order valence-corrected chi connectivity index (χ4v) is 2.22. The smallest absolute Gasteiger partial charge is 0.251 e. The van der Waals surface area contributed by atoms with E-state index in [2.05, 4.69) is 12.2 Å². The lowest BCUT2D eigenvalue weighted by Gasteiger charge is -2.10. The summed E-state index contributed by atoms with van der Waals surface area (Å²) in [6, 6.07) is 17.8. The van der Waals surface area contributed by atoms with Crippen LogP contribution >= 0.6 is 0 Å². The molecular weight excluding hydrogens is 246 g/mol. The number of benzene rings is 2. The minimum atomic E-state index is 0.0144. The topological polar surface area (TPSA) is 29.1 Å². The van der Waals surface area contributed by atoms with E-state index >= 15 is 0 Å². The van der Waals surface area contributed by atoms with Gasteiger partial charge in [0.25, 0.3) is 5.91 Å². The van der Waals surface area contributed by atoms with Crippen molar-refractivity contribution >= 4 is 5.91 Å². The van der Waals surface area contributed by atoms with Gasteiger partial charge >= 0.3 is 0 Å². The maximum atomic E-state index is 12.3. The Morgan fingerprint density at radius 1 is 0.950 bits per heavy atom. The van der Waals surface area contributed by atoms with Crippen LogP contribution in [0.1, 0.15) is 36.5 Å². The summed E-state index contributed by atoms with van der Waals surface area (Å²) < 4.78 is 0. The van der Waals surface area contributed by atoms with Crippen molar-refractivity contribution < 1.29 is 4.79 Å². The van der Waals surface area contributed by atoms with Gasteiger partial charge in [-0.05, 0) is 23.6 Å². The number of unbranched alkanes of at least 4 members (excludes halogenated alkanes) is 2. The molecular formula is C18H21NO. The van der Waals surface area contributed by atoms with Crippen LogP contribution in [0.15, 0.2) is 54.6 Å². The molecule has 0 saturated heterocycles. The second-order valence-electron chi connectivity index (χ2n) is 4.87. The maximum Gasteiger partial charge on any atom is 0.251 e. The van der Waals surface area contributed by atoms with E-state index in [1.54, 1.807) is 0 Å².